The molecule has 118 valence electrons. The van der Waals surface area contributed by atoms with Crippen molar-refractivity contribution in [2.24, 2.45) is 0 Å². The molecule has 0 fully saturated rings. The fraction of sp³-hybridized carbons (Fsp3) is 0.375. The molecule has 1 aromatic carbocycles. The van der Waals surface area contributed by atoms with Crippen LogP contribution in [0.4, 0.5) is 5.69 Å². The average Bonchev–Trinajstić information content (AvgIpc) is 2.75. The summed E-state index contributed by atoms with van der Waals surface area (Å²) in [7, 11) is 0. The minimum atomic E-state index is -0.273. The number of unbranched alkanes of at least 4 members (excludes halogenated alkanes) is 1. The van der Waals surface area contributed by atoms with Crippen LogP contribution in [-0.4, -0.2) is 15.7 Å². The first-order chi connectivity index (χ1) is 10.4. The van der Waals surface area contributed by atoms with E-state index in [1.54, 1.807) is 17.7 Å². The third-order valence-corrected chi connectivity index (χ3v) is 4.24. The Labute approximate surface area is 140 Å². The summed E-state index contributed by atoms with van der Waals surface area (Å²) in [5, 5.41) is 8.14. The Morgan fingerprint density at radius 2 is 2.05 bits per heavy atom. The number of hydrogen-bond acceptors (Lipinski definition) is 2. The highest BCUT2D eigenvalue weighted by atomic mass is 35.5. The zero-order valence-corrected chi connectivity index (χ0v) is 14.4. The Hall–Kier alpha value is -1.52. The Balaban J connectivity index is 2.22. The average molecular weight is 340 g/mol. The molecular formula is C16H19Cl2N3O. The second kappa shape index (κ2) is 7.16. The topological polar surface area (TPSA) is 46.9 Å². The molecule has 0 unspecified atom stereocenters. The lowest BCUT2D eigenvalue weighted by molar-refractivity contribution is 0.102. The number of halogens is 2. The molecule has 0 aliphatic carbocycles. The second-order valence-electron chi connectivity index (χ2n) is 5.25. The van der Waals surface area contributed by atoms with Crippen LogP contribution < -0.4 is 5.32 Å². The molecule has 2 rings (SSSR count). The van der Waals surface area contributed by atoms with E-state index in [4.69, 9.17) is 23.2 Å². The molecule has 6 heteroatoms. The molecule has 22 heavy (non-hydrogen) atoms. The SMILES string of the molecule is CCCCn1nc(C)c(C(=O)Nc2ccc(C)c(Cl)c2)c1Cl. The highest BCUT2D eigenvalue weighted by Crippen LogP contribution is 2.24. The first-order valence-electron chi connectivity index (χ1n) is 7.24. The van der Waals surface area contributed by atoms with Gasteiger partial charge in [-0.15, -0.1) is 0 Å². The van der Waals surface area contributed by atoms with Crippen molar-refractivity contribution in [3.05, 3.63) is 45.2 Å². The molecule has 1 N–H and O–H groups in total. The maximum Gasteiger partial charge on any atom is 0.260 e. The number of amides is 1. The van der Waals surface area contributed by atoms with Gasteiger partial charge in [-0.2, -0.15) is 5.10 Å². The van der Waals surface area contributed by atoms with Crippen molar-refractivity contribution in [1.82, 2.24) is 9.78 Å². The predicted molar refractivity (Wildman–Crippen MR) is 91.0 cm³/mol. The molecule has 0 spiro atoms. The lowest BCUT2D eigenvalue weighted by Crippen LogP contribution is -2.13. The van der Waals surface area contributed by atoms with E-state index in [0.29, 0.717) is 33.7 Å². The molecule has 0 atom stereocenters. The van der Waals surface area contributed by atoms with Crippen molar-refractivity contribution < 1.29 is 4.79 Å². The number of nitrogens with zero attached hydrogens (tertiary/aromatic N) is 2. The van der Waals surface area contributed by atoms with Gasteiger partial charge in [-0.1, -0.05) is 42.6 Å². The molecule has 0 saturated carbocycles. The van der Waals surface area contributed by atoms with Gasteiger partial charge in [-0.05, 0) is 38.0 Å². The van der Waals surface area contributed by atoms with Gasteiger partial charge in [-0.25, -0.2) is 0 Å². The molecule has 0 radical (unpaired) electrons. The van der Waals surface area contributed by atoms with E-state index < -0.39 is 0 Å². The van der Waals surface area contributed by atoms with Gasteiger partial charge in [0.2, 0.25) is 0 Å². The third-order valence-electron chi connectivity index (χ3n) is 3.45. The van der Waals surface area contributed by atoms with Crippen LogP contribution in [0.5, 0.6) is 0 Å². The minimum absolute atomic E-state index is 0.273. The highest BCUT2D eigenvalue weighted by molar-refractivity contribution is 6.34. The summed E-state index contributed by atoms with van der Waals surface area (Å²) in [6.45, 7) is 6.50. The molecule has 2 aromatic rings. The van der Waals surface area contributed by atoms with E-state index >= 15 is 0 Å². The third kappa shape index (κ3) is 3.62. The summed E-state index contributed by atoms with van der Waals surface area (Å²) < 4.78 is 1.68. The van der Waals surface area contributed by atoms with E-state index in [1.165, 1.54) is 0 Å². The smallest absolute Gasteiger partial charge is 0.260 e. The quantitative estimate of drug-likeness (QED) is 0.845. The Kier molecular flexibility index (Phi) is 5.48. The van der Waals surface area contributed by atoms with Crippen LogP contribution in [0.15, 0.2) is 18.2 Å². The Bertz CT molecular complexity index is 695. The van der Waals surface area contributed by atoms with Crippen LogP contribution in [0.25, 0.3) is 0 Å². The van der Waals surface area contributed by atoms with Crippen LogP contribution in [-0.2, 0) is 6.54 Å². The number of benzene rings is 1. The molecule has 1 heterocycles. The number of carbonyl (C=O) groups excluding carboxylic acids is 1. The van der Waals surface area contributed by atoms with Gasteiger partial charge in [-0.3, -0.25) is 9.48 Å². The molecule has 0 aliphatic rings. The number of hydrogen-bond donors (Lipinski definition) is 1. The Morgan fingerprint density at radius 3 is 2.68 bits per heavy atom. The van der Waals surface area contributed by atoms with Crippen molar-refractivity contribution in [1.29, 1.82) is 0 Å². The van der Waals surface area contributed by atoms with E-state index in [1.807, 2.05) is 19.1 Å². The van der Waals surface area contributed by atoms with Crippen molar-refractivity contribution in [3.63, 3.8) is 0 Å². The van der Waals surface area contributed by atoms with Crippen molar-refractivity contribution in [3.8, 4) is 0 Å². The van der Waals surface area contributed by atoms with Gasteiger partial charge < -0.3 is 5.32 Å². The molecule has 1 amide bonds. The molecule has 4 nitrogen and oxygen atoms in total. The Morgan fingerprint density at radius 1 is 1.32 bits per heavy atom. The fourth-order valence-corrected chi connectivity index (χ4v) is 2.66. The normalized spacial score (nSPS) is 10.8. The summed E-state index contributed by atoms with van der Waals surface area (Å²) in [5.41, 5.74) is 2.63. The lowest BCUT2D eigenvalue weighted by Gasteiger charge is -2.07. The summed E-state index contributed by atoms with van der Waals surface area (Å²) in [5.74, 6) is -0.273. The highest BCUT2D eigenvalue weighted by Gasteiger charge is 2.20. The number of carbonyl (C=O) groups is 1. The summed E-state index contributed by atoms with van der Waals surface area (Å²) in [4.78, 5) is 12.4. The van der Waals surface area contributed by atoms with Gasteiger partial charge in [0.05, 0.1) is 11.3 Å². The number of nitrogens with one attached hydrogen (secondary N) is 1. The maximum absolute atomic E-state index is 12.4. The first-order valence-corrected chi connectivity index (χ1v) is 8.00. The zero-order valence-electron chi connectivity index (χ0n) is 12.9. The van der Waals surface area contributed by atoms with E-state index in [2.05, 4.69) is 17.3 Å². The van der Waals surface area contributed by atoms with Gasteiger partial charge in [0.25, 0.3) is 5.91 Å². The van der Waals surface area contributed by atoms with Crippen molar-refractivity contribution in [2.45, 2.75) is 40.2 Å². The molecule has 0 aliphatic heterocycles. The monoisotopic (exact) mass is 339 g/mol. The summed E-state index contributed by atoms with van der Waals surface area (Å²) in [6.07, 6.45) is 2.01. The molecule has 1 aromatic heterocycles. The largest absolute Gasteiger partial charge is 0.322 e. The predicted octanol–water partition coefficient (Wildman–Crippen LogP) is 4.86. The van der Waals surface area contributed by atoms with Gasteiger partial charge in [0.1, 0.15) is 5.15 Å². The number of aromatic nitrogens is 2. The van der Waals surface area contributed by atoms with Crippen LogP contribution in [0.3, 0.4) is 0 Å². The van der Waals surface area contributed by atoms with Crippen LogP contribution in [0.2, 0.25) is 10.2 Å². The summed E-state index contributed by atoms with van der Waals surface area (Å²) in [6, 6.07) is 5.39. The minimum Gasteiger partial charge on any atom is -0.322 e. The molecular weight excluding hydrogens is 321 g/mol. The van der Waals surface area contributed by atoms with Crippen LogP contribution in [0, 0.1) is 13.8 Å². The van der Waals surface area contributed by atoms with Gasteiger partial charge >= 0.3 is 0 Å². The summed E-state index contributed by atoms with van der Waals surface area (Å²) >= 11 is 12.4. The van der Waals surface area contributed by atoms with E-state index in [-0.39, 0.29) is 5.91 Å². The molecule has 0 bridgehead atoms. The van der Waals surface area contributed by atoms with Crippen molar-refractivity contribution >= 4 is 34.8 Å². The van der Waals surface area contributed by atoms with E-state index in [0.717, 1.165) is 18.4 Å². The standard InChI is InChI=1S/C16H19Cl2N3O/c1-4-5-8-21-15(18)14(11(3)20-21)16(22)19-12-7-6-10(2)13(17)9-12/h6-7,9H,4-5,8H2,1-3H3,(H,19,22). The first kappa shape index (κ1) is 16.8. The van der Waals surface area contributed by atoms with Gasteiger partial charge in [0, 0.05) is 17.3 Å². The van der Waals surface area contributed by atoms with Crippen LogP contribution in [0.1, 0.15) is 41.4 Å². The van der Waals surface area contributed by atoms with E-state index in [9.17, 15) is 4.79 Å². The lowest BCUT2D eigenvalue weighted by atomic mass is 10.2. The van der Waals surface area contributed by atoms with Gasteiger partial charge in [0.15, 0.2) is 0 Å². The number of anilines is 1. The number of rotatable bonds is 5. The van der Waals surface area contributed by atoms with Crippen molar-refractivity contribution in [2.75, 3.05) is 5.32 Å². The van der Waals surface area contributed by atoms with Crippen LogP contribution >= 0.6 is 23.2 Å². The zero-order chi connectivity index (χ0) is 16.3. The fourth-order valence-electron chi connectivity index (χ4n) is 2.13. The molecule has 0 saturated heterocycles. The maximum atomic E-state index is 12.4. The number of aryl methyl sites for hydroxylation is 3. The second-order valence-corrected chi connectivity index (χ2v) is 6.01.